The van der Waals surface area contributed by atoms with Gasteiger partial charge in [-0.3, -0.25) is 19.1 Å². The fourth-order valence-corrected chi connectivity index (χ4v) is 6.30. The molecule has 3 aromatic carbocycles. The molecule has 1 unspecified atom stereocenters. The maximum absolute atomic E-state index is 13.0. The fraction of sp³-hybridized carbons (Fsp3) is 0.184. The van der Waals surface area contributed by atoms with Crippen molar-refractivity contribution in [1.82, 2.24) is 29.7 Å². The lowest BCUT2D eigenvalue weighted by atomic mass is 10.1. The van der Waals surface area contributed by atoms with Crippen LogP contribution < -0.4 is 11.1 Å². The van der Waals surface area contributed by atoms with Crippen molar-refractivity contribution in [1.29, 1.82) is 0 Å². The molecule has 1 saturated heterocycles. The number of aromatic hydroxyl groups is 1. The number of likely N-dealkylation sites (tertiary alicyclic amines) is 1. The number of fused-ring (bicyclic) bond motifs is 1. The van der Waals surface area contributed by atoms with E-state index in [0.29, 0.717) is 30.0 Å². The molecule has 1 amide bonds. The molecule has 1 aliphatic heterocycles. The number of amides is 1. The van der Waals surface area contributed by atoms with Gasteiger partial charge in [-0.05, 0) is 79.5 Å². The van der Waals surface area contributed by atoms with Crippen LogP contribution in [-0.2, 0) is 6.54 Å². The van der Waals surface area contributed by atoms with Crippen LogP contribution in [0.3, 0.4) is 0 Å². The zero-order valence-corrected chi connectivity index (χ0v) is 26.3. The third-order valence-corrected chi connectivity index (χ3v) is 8.76. The zero-order valence-electron chi connectivity index (χ0n) is 26.3. The van der Waals surface area contributed by atoms with E-state index in [0.717, 1.165) is 71.6 Å². The summed E-state index contributed by atoms with van der Waals surface area (Å²) in [4.78, 5) is 40.7. The molecule has 3 aromatic heterocycles. The minimum Gasteiger partial charge on any atom is -0.507 e. The predicted molar refractivity (Wildman–Crippen MR) is 186 cm³/mol. The smallest absolute Gasteiger partial charge is 0.251 e. The number of hydrogen-bond acceptors (Lipinski definition) is 8. The number of carbonyl (C=O) groups excluding carboxylic acids is 2. The number of aromatic nitrogens is 4. The summed E-state index contributed by atoms with van der Waals surface area (Å²) in [5.41, 5.74) is 12.9. The molecule has 0 aliphatic carbocycles. The Kier molecular flexibility index (Phi) is 8.63. The normalized spacial score (nSPS) is 15.2. The number of anilines is 1. The van der Waals surface area contributed by atoms with Crippen LogP contribution in [-0.4, -0.2) is 60.9 Å². The number of carbonyl (C=O) groups is 2. The molecule has 0 bridgehead atoms. The van der Waals surface area contributed by atoms with Gasteiger partial charge >= 0.3 is 0 Å². The number of phenolic OH excluding ortho intramolecular Hbond substituents is 1. The highest BCUT2D eigenvalue weighted by Gasteiger charge is 2.22. The summed E-state index contributed by atoms with van der Waals surface area (Å²) in [5, 5.41) is 13.2. The zero-order chi connectivity index (χ0) is 33.0. The quantitative estimate of drug-likeness (QED) is 0.172. The van der Waals surface area contributed by atoms with E-state index >= 15 is 0 Å². The molecule has 0 spiro atoms. The average molecular weight is 638 g/mol. The van der Waals surface area contributed by atoms with Gasteiger partial charge in [0.25, 0.3) is 5.91 Å². The third-order valence-electron chi connectivity index (χ3n) is 8.76. The van der Waals surface area contributed by atoms with Crippen molar-refractivity contribution in [3.63, 3.8) is 0 Å². The van der Waals surface area contributed by atoms with Gasteiger partial charge in [0.2, 0.25) is 0 Å². The van der Waals surface area contributed by atoms with Gasteiger partial charge in [0, 0.05) is 42.1 Å². The number of benzene rings is 3. The van der Waals surface area contributed by atoms with Crippen LogP contribution >= 0.6 is 0 Å². The van der Waals surface area contributed by atoms with Crippen molar-refractivity contribution in [2.24, 2.45) is 0 Å². The molecule has 48 heavy (non-hydrogen) atoms. The number of pyridine rings is 2. The monoisotopic (exact) mass is 637 g/mol. The van der Waals surface area contributed by atoms with Crippen LogP contribution in [0.25, 0.3) is 39.5 Å². The van der Waals surface area contributed by atoms with Crippen molar-refractivity contribution in [3.8, 4) is 34.1 Å². The van der Waals surface area contributed by atoms with E-state index in [1.807, 2.05) is 59.2 Å². The van der Waals surface area contributed by atoms with Crippen molar-refractivity contribution >= 4 is 29.2 Å². The van der Waals surface area contributed by atoms with Crippen molar-refractivity contribution in [2.75, 3.05) is 18.8 Å². The van der Waals surface area contributed by atoms with E-state index in [1.165, 1.54) is 12.1 Å². The van der Waals surface area contributed by atoms with Gasteiger partial charge in [-0.25, -0.2) is 15.0 Å². The standard InChI is InChI=1S/C38H35N7O3/c39-35-31(10-6-19-40-35)36-43-33-18-17-32(26-7-2-1-3-8-26)42-37(33)45(36)30-15-11-25(12-16-30)22-44-20-5-4-9-29(23-44)41-38(48)27-13-14-28(24-46)34(47)21-27/h1-3,6-8,10-19,21,24,29,47H,4-5,9,20,22-23H2,(H2,39,40)(H,41,48). The van der Waals surface area contributed by atoms with E-state index in [9.17, 15) is 14.7 Å². The van der Waals surface area contributed by atoms with E-state index in [1.54, 1.807) is 12.3 Å². The van der Waals surface area contributed by atoms with Crippen LogP contribution in [0, 0.1) is 0 Å². The number of rotatable bonds is 8. The Labute approximate surface area is 277 Å². The van der Waals surface area contributed by atoms with Gasteiger partial charge in [0.05, 0.1) is 16.8 Å². The van der Waals surface area contributed by atoms with Gasteiger partial charge in [-0.15, -0.1) is 0 Å². The molecule has 7 rings (SSSR count). The van der Waals surface area contributed by atoms with Crippen LogP contribution in [0.2, 0.25) is 0 Å². The van der Waals surface area contributed by atoms with E-state index in [-0.39, 0.29) is 23.3 Å². The summed E-state index contributed by atoms with van der Waals surface area (Å²) >= 11 is 0. The van der Waals surface area contributed by atoms with Gasteiger partial charge < -0.3 is 16.2 Å². The number of nitrogens with one attached hydrogen (secondary N) is 1. The second kappa shape index (κ2) is 13.5. The van der Waals surface area contributed by atoms with E-state index in [4.69, 9.17) is 15.7 Å². The topological polar surface area (TPSA) is 139 Å². The molecular weight excluding hydrogens is 602 g/mol. The van der Waals surface area contributed by atoms with Gasteiger partial charge in [-0.2, -0.15) is 0 Å². The van der Waals surface area contributed by atoms with E-state index < -0.39 is 0 Å². The minimum absolute atomic E-state index is 0.0399. The summed E-state index contributed by atoms with van der Waals surface area (Å²) in [6.07, 6.45) is 5.14. The lowest BCUT2D eigenvalue weighted by molar-refractivity contribution is 0.0924. The predicted octanol–water partition coefficient (Wildman–Crippen LogP) is 6.03. The van der Waals surface area contributed by atoms with Gasteiger partial charge in [-0.1, -0.05) is 48.9 Å². The Morgan fingerprint density at radius 1 is 0.958 bits per heavy atom. The molecule has 1 atom stereocenters. The molecule has 1 fully saturated rings. The average Bonchev–Trinajstić information content (AvgIpc) is 3.35. The first-order valence-electron chi connectivity index (χ1n) is 16.0. The molecule has 240 valence electrons. The molecular formula is C38H35N7O3. The number of aldehydes is 1. The molecule has 0 saturated carbocycles. The second-order valence-corrected chi connectivity index (χ2v) is 12.1. The number of nitrogen functional groups attached to an aromatic ring is 1. The van der Waals surface area contributed by atoms with Crippen LogP contribution in [0.15, 0.2) is 103 Å². The Balaban J connectivity index is 1.14. The first-order valence-corrected chi connectivity index (χ1v) is 16.0. The van der Waals surface area contributed by atoms with Crippen molar-refractivity contribution in [2.45, 2.75) is 31.8 Å². The number of hydrogen-bond donors (Lipinski definition) is 3. The molecule has 6 aromatic rings. The lowest BCUT2D eigenvalue weighted by Crippen LogP contribution is -2.42. The molecule has 1 aliphatic rings. The molecule has 0 radical (unpaired) electrons. The highest BCUT2D eigenvalue weighted by atomic mass is 16.3. The van der Waals surface area contributed by atoms with Gasteiger partial charge in [0.1, 0.15) is 17.1 Å². The summed E-state index contributed by atoms with van der Waals surface area (Å²) in [7, 11) is 0. The Morgan fingerprint density at radius 2 is 1.79 bits per heavy atom. The minimum atomic E-state index is -0.263. The second-order valence-electron chi connectivity index (χ2n) is 12.1. The highest BCUT2D eigenvalue weighted by molar-refractivity contribution is 5.96. The third kappa shape index (κ3) is 6.38. The maximum Gasteiger partial charge on any atom is 0.251 e. The van der Waals surface area contributed by atoms with Crippen molar-refractivity contribution < 1.29 is 14.7 Å². The Bertz CT molecular complexity index is 2090. The Hall–Kier alpha value is -5.87. The summed E-state index contributed by atoms with van der Waals surface area (Å²) in [6, 6.07) is 30.5. The molecule has 4 heterocycles. The van der Waals surface area contributed by atoms with Crippen molar-refractivity contribution in [3.05, 3.63) is 120 Å². The molecule has 4 N–H and O–H groups in total. The van der Waals surface area contributed by atoms with Crippen LogP contribution in [0.5, 0.6) is 5.75 Å². The summed E-state index contributed by atoms with van der Waals surface area (Å²) < 4.78 is 2.04. The first-order chi connectivity index (χ1) is 23.5. The summed E-state index contributed by atoms with van der Waals surface area (Å²) in [5.74, 6) is 0.601. The first kappa shape index (κ1) is 30.8. The van der Waals surface area contributed by atoms with Crippen LogP contribution in [0.1, 0.15) is 45.5 Å². The number of phenols is 1. The number of nitrogens with zero attached hydrogens (tertiary/aromatic N) is 5. The van der Waals surface area contributed by atoms with Gasteiger partial charge in [0.15, 0.2) is 17.8 Å². The molecule has 10 heteroatoms. The number of nitrogens with two attached hydrogens (primary N) is 1. The van der Waals surface area contributed by atoms with E-state index in [2.05, 4.69) is 39.5 Å². The maximum atomic E-state index is 13.0. The SMILES string of the molecule is Nc1ncccc1-c1nc2ccc(-c3ccccc3)nc2n1-c1ccc(CN2CCCCC(NC(=O)c3ccc(C=O)c(O)c3)C2)cc1. The molecule has 10 nitrogen and oxygen atoms in total. The summed E-state index contributed by atoms with van der Waals surface area (Å²) in [6.45, 7) is 2.35. The van der Waals surface area contributed by atoms with Crippen LogP contribution in [0.4, 0.5) is 5.82 Å². The lowest BCUT2D eigenvalue weighted by Gasteiger charge is -2.25. The highest BCUT2D eigenvalue weighted by Crippen LogP contribution is 2.32. The fourth-order valence-electron chi connectivity index (χ4n) is 6.30. The largest absolute Gasteiger partial charge is 0.507 e. The number of imidazole rings is 1. The Morgan fingerprint density at radius 3 is 2.56 bits per heavy atom.